The van der Waals surface area contributed by atoms with E-state index in [1.165, 1.54) is 5.56 Å². The summed E-state index contributed by atoms with van der Waals surface area (Å²) in [4.78, 5) is 22.0. The molecule has 0 spiro atoms. The molecular weight excluding hydrogens is 224 g/mol. The third-order valence-corrected chi connectivity index (χ3v) is 3.39. The Balaban J connectivity index is 2.51. The van der Waals surface area contributed by atoms with Crippen molar-refractivity contribution >= 4 is 12.1 Å². The molecule has 0 saturated carbocycles. The number of carbonyl (C=O) groups is 2. The van der Waals surface area contributed by atoms with Crippen molar-refractivity contribution in [2.45, 2.75) is 51.9 Å². The van der Waals surface area contributed by atoms with Gasteiger partial charge in [-0.15, -0.1) is 0 Å². The Morgan fingerprint density at radius 2 is 1.89 bits per heavy atom. The summed E-state index contributed by atoms with van der Waals surface area (Å²) < 4.78 is 0. The van der Waals surface area contributed by atoms with Crippen LogP contribution in [0.25, 0.3) is 0 Å². The minimum atomic E-state index is 0.177. The second-order valence-electron chi connectivity index (χ2n) is 4.77. The van der Waals surface area contributed by atoms with Crippen LogP contribution in [-0.4, -0.2) is 12.1 Å². The monoisotopic (exact) mass is 246 g/mol. The van der Waals surface area contributed by atoms with Crippen molar-refractivity contribution in [2.24, 2.45) is 0 Å². The summed E-state index contributed by atoms with van der Waals surface area (Å²) in [5.74, 6) is 0.721. The lowest BCUT2D eigenvalue weighted by Crippen LogP contribution is -2.00. The standard InChI is InChI=1S/C16H22O2/c1-3-13(2)14-8-10-15(11-9-14)16(18)7-5-4-6-12-17/h8-13H,3-7H2,1-2H3. The molecule has 18 heavy (non-hydrogen) atoms. The molecular formula is C16H22O2. The Morgan fingerprint density at radius 1 is 1.22 bits per heavy atom. The molecule has 0 aliphatic heterocycles. The Bertz CT molecular complexity index is 379. The Labute approximate surface area is 109 Å². The largest absolute Gasteiger partial charge is 0.303 e. The van der Waals surface area contributed by atoms with Crippen molar-refractivity contribution in [1.82, 2.24) is 0 Å². The van der Waals surface area contributed by atoms with Gasteiger partial charge in [-0.05, 0) is 30.7 Å². The molecule has 98 valence electrons. The number of unbranched alkanes of at least 4 members (excludes halogenated alkanes) is 2. The van der Waals surface area contributed by atoms with Crippen LogP contribution in [0.5, 0.6) is 0 Å². The zero-order chi connectivity index (χ0) is 13.4. The van der Waals surface area contributed by atoms with E-state index >= 15 is 0 Å². The van der Waals surface area contributed by atoms with E-state index in [1.807, 2.05) is 24.3 Å². The van der Waals surface area contributed by atoms with Crippen molar-refractivity contribution in [3.8, 4) is 0 Å². The first kappa shape index (κ1) is 14.6. The van der Waals surface area contributed by atoms with Crippen LogP contribution in [0.1, 0.15) is 67.8 Å². The summed E-state index contributed by atoms with van der Waals surface area (Å²) in [6.07, 6.45) is 4.71. The van der Waals surface area contributed by atoms with E-state index in [4.69, 9.17) is 0 Å². The van der Waals surface area contributed by atoms with E-state index in [-0.39, 0.29) is 5.78 Å². The van der Waals surface area contributed by atoms with Crippen molar-refractivity contribution < 1.29 is 9.59 Å². The van der Waals surface area contributed by atoms with E-state index in [2.05, 4.69) is 13.8 Å². The maximum Gasteiger partial charge on any atom is 0.162 e. The first-order chi connectivity index (χ1) is 8.69. The molecule has 0 heterocycles. The van der Waals surface area contributed by atoms with Crippen LogP contribution in [0.2, 0.25) is 0 Å². The van der Waals surface area contributed by atoms with Gasteiger partial charge in [-0.25, -0.2) is 0 Å². The van der Waals surface area contributed by atoms with Gasteiger partial charge in [0.05, 0.1) is 0 Å². The predicted octanol–water partition coefficient (Wildman–Crippen LogP) is 4.14. The SMILES string of the molecule is CCC(C)c1ccc(C(=O)CCCCC=O)cc1. The molecule has 0 aromatic heterocycles. The lowest BCUT2D eigenvalue weighted by Gasteiger charge is -2.09. The van der Waals surface area contributed by atoms with E-state index in [1.54, 1.807) is 0 Å². The highest BCUT2D eigenvalue weighted by Crippen LogP contribution is 2.19. The van der Waals surface area contributed by atoms with E-state index < -0.39 is 0 Å². The zero-order valence-electron chi connectivity index (χ0n) is 11.3. The highest BCUT2D eigenvalue weighted by atomic mass is 16.1. The summed E-state index contributed by atoms with van der Waals surface area (Å²) in [5, 5.41) is 0. The van der Waals surface area contributed by atoms with Gasteiger partial charge in [-0.1, -0.05) is 38.1 Å². The highest BCUT2D eigenvalue weighted by molar-refractivity contribution is 5.96. The van der Waals surface area contributed by atoms with Crippen LogP contribution < -0.4 is 0 Å². The summed E-state index contributed by atoms with van der Waals surface area (Å²) in [6.45, 7) is 4.35. The van der Waals surface area contributed by atoms with Gasteiger partial charge in [-0.2, -0.15) is 0 Å². The van der Waals surface area contributed by atoms with E-state index in [0.717, 1.165) is 31.1 Å². The zero-order valence-corrected chi connectivity index (χ0v) is 11.3. The van der Waals surface area contributed by atoms with Crippen molar-refractivity contribution in [1.29, 1.82) is 0 Å². The quantitative estimate of drug-likeness (QED) is 0.392. The molecule has 0 radical (unpaired) electrons. The Morgan fingerprint density at radius 3 is 2.44 bits per heavy atom. The maximum atomic E-state index is 11.9. The maximum absolute atomic E-state index is 11.9. The fourth-order valence-electron chi connectivity index (χ4n) is 1.89. The molecule has 0 amide bonds. The number of benzene rings is 1. The first-order valence-electron chi connectivity index (χ1n) is 6.75. The Hall–Kier alpha value is -1.44. The second kappa shape index (κ2) is 7.80. The minimum Gasteiger partial charge on any atom is -0.303 e. The van der Waals surface area contributed by atoms with Gasteiger partial charge in [0, 0.05) is 18.4 Å². The third-order valence-electron chi connectivity index (χ3n) is 3.39. The highest BCUT2D eigenvalue weighted by Gasteiger charge is 2.07. The van der Waals surface area contributed by atoms with E-state index in [0.29, 0.717) is 18.8 Å². The molecule has 0 aliphatic carbocycles. The number of Topliss-reactive ketones (excluding diaryl/α,β-unsaturated/α-hetero) is 1. The van der Waals surface area contributed by atoms with Crippen LogP contribution >= 0.6 is 0 Å². The van der Waals surface area contributed by atoms with Gasteiger partial charge in [0.2, 0.25) is 0 Å². The number of rotatable bonds is 8. The van der Waals surface area contributed by atoms with E-state index in [9.17, 15) is 9.59 Å². The topological polar surface area (TPSA) is 34.1 Å². The number of hydrogen-bond donors (Lipinski definition) is 0. The molecule has 1 atom stereocenters. The van der Waals surface area contributed by atoms with Crippen LogP contribution in [0.3, 0.4) is 0 Å². The lowest BCUT2D eigenvalue weighted by molar-refractivity contribution is -0.107. The predicted molar refractivity (Wildman–Crippen MR) is 74.0 cm³/mol. The Kier molecular flexibility index (Phi) is 6.34. The van der Waals surface area contributed by atoms with Crippen LogP contribution in [0, 0.1) is 0 Å². The normalized spacial score (nSPS) is 12.1. The molecule has 1 rings (SSSR count). The summed E-state index contributed by atoms with van der Waals surface area (Å²) in [7, 11) is 0. The summed E-state index contributed by atoms with van der Waals surface area (Å²) >= 11 is 0. The molecule has 2 nitrogen and oxygen atoms in total. The molecule has 0 bridgehead atoms. The van der Waals surface area contributed by atoms with Crippen molar-refractivity contribution in [3.05, 3.63) is 35.4 Å². The fourth-order valence-corrected chi connectivity index (χ4v) is 1.89. The number of carbonyl (C=O) groups excluding carboxylic acids is 2. The molecule has 2 heteroatoms. The minimum absolute atomic E-state index is 0.177. The molecule has 1 aromatic carbocycles. The summed E-state index contributed by atoms with van der Waals surface area (Å²) in [6, 6.07) is 7.94. The van der Waals surface area contributed by atoms with Gasteiger partial charge in [0.15, 0.2) is 5.78 Å². The number of hydrogen-bond acceptors (Lipinski definition) is 2. The van der Waals surface area contributed by atoms with Crippen LogP contribution in [-0.2, 0) is 4.79 Å². The average molecular weight is 246 g/mol. The number of aldehydes is 1. The third kappa shape index (κ3) is 4.44. The second-order valence-corrected chi connectivity index (χ2v) is 4.77. The summed E-state index contributed by atoms with van der Waals surface area (Å²) in [5.41, 5.74) is 2.07. The van der Waals surface area contributed by atoms with Gasteiger partial charge < -0.3 is 4.79 Å². The van der Waals surface area contributed by atoms with Crippen LogP contribution in [0.15, 0.2) is 24.3 Å². The van der Waals surface area contributed by atoms with Crippen molar-refractivity contribution in [2.75, 3.05) is 0 Å². The molecule has 0 saturated heterocycles. The number of ketones is 1. The molecule has 0 fully saturated rings. The molecule has 1 aromatic rings. The average Bonchev–Trinajstić information content (AvgIpc) is 2.42. The molecule has 0 aliphatic rings. The van der Waals surface area contributed by atoms with Crippen LogP contribution in [0.4, 0.5) is 0 Å². The van der Waals surface area contributed by atoms with Gasteiger partial charge in [-0.3, -0.25) is 4.79 Å². The van der Waals surface area contributed by atoms with Gasteiger partial charge in [0.1, 0.15) is 6.29 Å². The first-order valence-corrected chi connectivity index (χ1v) is 6.75. The molecule has 0 N–H and O–H groups in total. The van der Waals surface area contributed by atoms with Crippen molar-refractivity contribution in [3.63, 3.8) is 0 Å². The van der Waals surface area contributed by atoms with Gasteiger partial charge >= 0.3 is 0 Å². The molecule has 1 unspecified atom stereocenters. The van der Waals surface area contributed by atoms with Gasteiger partial charge in [0.25, 0.3) is 0 Å². The fraction of sp³-hybridized carbons (Fsp3) is 0.500. The lowest BCUT2D eigenvalue weighted by atomic mass is 9.96. The smallest absolute Gasteiger partial charge is 0.162 e.